The molecule has 1 aliphatic carbocycles. The van der Waals surface area contributed by atoms with Crippen LogP contribution in [0.4, 0.5) is 15.2 Å². The summed E-state index contributed by atoms with van der Waals surface area (Å²) in [5, 5.41) is 3.35. The maximum Gasteiger partial charge on any atom is 0.291 e. The molecule has 0 unspecified atom stereocenters. The van der Waals surface area contributed by atoms with Gasteiger partial charge in [0.05, 0.1) is 16.4 Å². The highest BCUT2D eigenvalue weighted by Gasteiger charge is 2.45. The number of benzene rings is 1. The van der Waals surface area contributed by atoms with Crippen LogP contribution in [-0.4, -0.2) is 30.4 Å². The lowest BCUT2D eigenvalue weighted by molar-refractivity contribution is -0.112. The van der Waals surface area contributed by atoms with E-state index in [0.717, 1.165) is 42.3 Å². The van der Waals surface area contributed by atoms with Crippen molar-refractivity contribution < 1.29 is 17.6 Å². The second kappa shape index (κ2) is 7.33. The largest absolute Gasteiger partial charge is 0.302 e. The van der Waals surface area contributed by atoms with Crippen LogP contribution in [0.2, 0.25) is 5.02 Å². The van der Waals surface area contributed by atoms with E-state index in [4.69, 9.17) is 11.6 Å². The lowest BCUT2D eigenvalue weighted by Crippen LogP contribution is -2.49. The van der Waals surface area contributed by atoms with E-state index in [1.165, 1.54) is 22.3 Å². The normalized spacial score (nSPS) is 20.3. The smallest absolute Gasteiger partial charge is 0.291 e. The van der Waals surface area contributed by atoms with Crippen molar-refractivity contribution in [1.82, 2.24) is 4.98 Å². The van der Waals surface area contributed by atoms with Crippen molar-refractivity contribution in [3.8, 4) is 0 Å². The Morgan fingerprint density at radius 1 is 1.31 bits per heavy atom. The number of hydrogen-bond donors (Lipinski definition) is 1. The minimum atomic E-state index is -4.33. The van der Waals surface area contributed by atoms with Gasteiger partial charge in [-0.25, -0.2) is 17.8 Å². The van der Waals surface area contributed by atoms with E-state index < -0.39 is 26.6 Å². The van der Waals surface area contributed by atoms with Gasteiger partial charge in [0.15, 0.2) is 0 Å². The molecule has 0 bridgehead atoms. The van der Waals surface area contributed by atoms with E-state index in [2.05, 4.69) is 15.5 Å². The summed E-state index contributed by atoms with van der Waals surface area (Å²) in [4.78, 5) is 19.5. The summed E-state index contributed by atoms with van der Waals surface area (Å²) >= 11 is 7.19. The number of carbonyl (C=O) groups excluding carboxylic acids is 1. The SMILES string of the molecule is Cc1nc(NN=C2C(=O)N(C3CCCC3)c3cc(Cl)c(F)cc3S2(=O)=O)sc1C. The van der Waals surface area contributed by atoms with E-state index in [-0.39, 0.29) is 21.6 Å². The number of nitrogens with zero attached hydrogens (tertiary/aromatic N) is 3. The topological polar surface area (TPSA) is 91.7 Å². The first-order valence-corrected chi connectivity index (χ1v) is 11.7. The Labute approximate surface area is 176 Å². The van der Waals surface area contributed by atoms with Crippen LogP contribution < -0.4 is 10.3 Å². The second-order valence-corrected chi connectivity index (χ2v) is 10.5. The van der Waals surface area contributed by atoms with Crippen LogP contribution in [0, 0.1) is 19.7 Å². The van der Waals surface area contributed by atoms with Crippen molar-refractivity contribution in [3.63, 3.8) is 0 Å². The average Bonchev–Trinajstić information content (AvgIpc) is 3.27. The molecule has 1 aliphatic heterocycles. The lowest BCUT2D eigenvalue weighted by Gasteiger charge is -2.34. The molecule has 1 saturated carbocycles. The fraction of sp³-hybridized carbons (Fsp3) is 0.389. The third-order valence-electron chi connectivity index (χ3n) is 5.18. The summed E-state index contributed by atoms with van der Waals surface area (Å²) in [6, 6.07) is 1.87. The van der Waals surface area contributed by atoms with Crippen LogP contribution in [0.3, 0.4) is 0 Å². The number of thiazole rings is 1. The molecule has 0 radical (unpaired) electrons. The fourth-order valence-corrected chi connectivity index (χ4v) is 5.91. The number of fused-ring (bicyclic) bond motifs is 1. The predicted molar refractivity (Wildman–Crippen MR) is 111 cm³/mol. The molecule has 0 atom stereocenters. The molecule has 154 valence electrons. The van der Waals surface area contributed by atoms with Gasteiger partial charge in [0, 0.05) is 10.9 Å². The van der Waals surface area contributed by atoms with Gasteiger partial charge in [-0.3, -0.25) is 10.2 Å². The van der Waals surface area contributed by atoms with E-state index in [1.54, 1.807) is 0 Å². The van der Waals surface area contributed by atoms with Crippen LogP contribution in [0.1, 0.15) is 36.3 Å². The van der Waals surface area contributed by atoms with E-state index in [1.807, 2.05) is 13.8 Å². The Hall–Kier alpha value is -2.04. The molecule has 2 aliphatic rings. The molecule has 2 aromatic rings. The molecule has 2 heterocycles. The highest BCUT2D eigenvalue weighted by molar-refractivity contribution is 8.08. The highest BCUT2D eigenvalue weighted by Crippen LogP contribution is 2.40. The summed E-state index contributed by atoms with van der Waals surface area (Å²) in [7, 11) is -4.33. The highest BCUT2D eigenvalue weighted by atomic mass is 35.5. The second-order valence-electron chi connectivity index (χ2n) is 7.04. The van der Waals surface area contributed by atoms with Crippen molar-refractivity contribution in [2.24, 2.45) is 5.10 Å². The standard InChI is InChI=1S/C18H18ClFN4O3S2/c1-9-10(2)28-18(21-9)23-22-16-17(25)24(11-5-3-4-6-11)14-7-12(19)13(20)8-15(14)29(16,26)27/h7-8,11H,3-6H2,1-2H3,(H,21,23). The van der Waals surface area contributed by atoms with Gasteiger partial charge in [0.25, 0.3) is 5.91 Å². The quantitative estimate of drug-likeness (QED) is 0.703. The van der Waals surface area contributed by atoms with Crippen LogP contribution in [0.25, 0.3) is 0 Å². The van der Waals surface area contributed by atoms with Gasteiger partial charge in [0.2, 0.25) is 20.0 Å². The molecule has 7 nitrogen and oxygen atoms in total. The first-order valence-electron chi connectivity index (χ1n) is 9.05. The summed E-state index contributed by atoms with van der Waals surface area (Å²) in [5.41, 5.74) is 3.47. The first-order chi connectivity index (χ1) is 13.7. The summed E-state index contributed by atoms with van der Waals surface area (Å²) in [6.07, 6.45) is 3.30. The first kappa shape index (κ1) is 20.2. The predicted octanol–water partition coefficient (Wildman–Crippen LogP) is 4.04. The van der Waals surface area contributed by atoms with Gasteiger partial charge in [-0.05, 0) is 38.8 Å². The van der Waals surface area contributed by atoms with Crippen LogP contribution >= 0.6 is 22.9 Å². The molecule has 0 saturated heterocycles. The third-order valence-corrected chi connectivity index (χ3v) is 8.13. The minimum absolute atomic E-state index is 0.105. The summed E-state index contributed by atoms with van der Waals surface area (Å²) in [5.74, 6) is -1.61. The molecule has 0 spiro atoms. The van der Waals surface area contributed by atoms with E-state index >= 15 is 0 Å². The monoisotopic (exact) mass is 456 g/mol. The van der Waals surface area contributed by atoms with Gasteiger partial charge in [-0.1, -0.05) is 24.4 Å². The number of halogens is 2. The maximum absolute atomic E-state index is 14.1. The average molecular weight is 457 g/mol. The molecule has 1 aromatic heterocycles. The zero-order valence-corrected chi connectivity index (χ0v) is 18.1. The number of rotatable bonds is 3. The van der Waals surface area contributed by atoms with Gasteiger partial charge in [-0.15, -0.1) is 11.3 Å². The molecule has 1 amide bonds. The van der Waals surface area contributed by atoms with Gasteiger partial charge < -0.3 is 4.90 Å². The molecular formula is C18H18ClFN4O3S2. The number of nitrogens with one attached hydrogen (secondary N) is 1. The van der Waals surface area contributed by atoms with E-state index in [9.17, 15) is 17.6 Å². The van der Waals surface area contributed by atoms with Gasteiger partial charge in [-0.2, -0.15) is 5.10 Å². The minimum Gasteiger partial charge on any atom is -0.302 e. The number of aromatic nitrogens is 1. The van der Waals surface area contributed by atoms with Crippen molar-refractivity contribution in [3.05, 3.63) is 33.5 Å². The van der Waals surface area contributed by atoms with Crippen LogP contribution in [0.5, 0.6) is 0 Å². The third kappa shape index (κ3) is 3.43. The van der Waals surface area contributed by atoms with Crippen molar-refractivity contribution in [2.45, 2.75) is 50.5 Å². The molecule has 11 heteroatoms. The molecular weight excluding hydrogens is 439 g/mol. The summed E-state index contributed by atoms with van der Waals surface area (Å²) in [6.45, 7) is 3.69. The number of carbonyl (C=O) groups is 1. The molecule has 1 aromatic carbocycles. The maximum atomic E-state index is 14.1. The number of hydrogen-bond acceptors (Lipinski definition) is 7. The number of anilines is 2. The van der Waals surface area contributed by atoms with Crippen LogP contribution in [0.15, 0.2) is 22.1 Å². The lowest BCUT2D eigenvalue weighted by atomic mass is 10.1. The van der Waals surface area contributed by atoms with Crippen molar-refractivity contribution in [1.29, 1.82) is 0 Å². The molecule has 4 rings (SSSR count). The molecule has 1 fully saturated rings. The number of amides is 1. The Morgan fingerprint density at radius 2 is 2.00 bits per heavy atom. The summed E-state index contributed by atoms with van der Waals surface area (Å²) < 4.78 is 40.3. The Bertz CT molecular complexity index is 1120. The zero-order chi connectivity index (χ0) is 20.9. The van der Waals surface area contributed by atoms with Crippen molar-refractivity contribution >= 4 is 54.5 Å². The Kier molecular flexibility index (Phi) is 5.12. The number of hydrazone groups is 1. The van der Waals surface area contributed by atoms with E-state index in [0.29, 0.717) is 5.13 Å². The molecule has 1 N–H and O–H groups in total. The Balaban J connectivity index is 1.84. The van der Waals surface area contributed by atoms with Gasteiger partial charge in [0.1, 0.15) is 10.7 Å². The fourth-order valence-electron chi connectivity index (χ4n) is 3.61. The number of aryl methyl sites for hydroxylation is 2. The van der Waals surface area contributed by atoms with Gasteiger partial charge >= 0.3 is 0 Å². The molecule has 29 heavy (non-hydrogen) atoms. The zero-order valence-electron chi connectivity index (χ0n) is 15.7. The number of sulfone groups is 1. The van der Waals surface area contributed by atoms with Crippen molar-refractivity contribution in [2.75, 3.05) is 10.3 Å². The van der Waals surface area contributed by atoms with Crippen LogP contribution in [-0.2, 0) is 14.6 Å². The Morgan fingerprint density at radius 3 is 2.62 bits per heavy atom.